The molecule has 1 heterocycles. The number of nitrogens with two attached hydrogens (primary N) is 1. The van der Waals surface area contributed by atoms with Crippen molar-refractivity contribution in [3.8, 4) is 0 Å². The van der Waals surface area contributed by atoms with E-state index in [0.717, 1.165) is 28.0 Å². The molecule has 2 aromatic rings. The van der Waals surface area contributed by atoms with Crippen LogP contribution in [-0.2, 0) is 6.42 Å². The van der Waals surface area contributed by atoms with Crippen LogP contribution >= 0.6 is 11.6 Å². The van der Waals surface area contributed by atoms with Crippen LogP contribution in [0.25, 0.3) is 10.9 Å². The molecule has 0 saturated carbocycles. The van der Waals surface area contributed by atoms with Crippen LogP contribution in [0.4, 0.5) is 0 Å². The average Bonchev–Trinajstić information content (AvgIpc) is 2.47. The third-order valence-electron chi connectivity index (χ3n) is 2.21. The molecule has 2 nitrogen and oxygen atoms in total. The van der Waals surface area contributed by atoms with E-state index >= 15 is 0 Å². The number of hydrogen-bond acceptors (Lipinski definition) is 1. The Hall–Kier alpha value is -0.990. The maximum Gasteiger partial charge on any atom is 0.0499 e. The van der Waals surface area contributed by atoms with Gasteiger partial charge in [0.1, 0.15) is 0 Å². The van der Waals surface area contributed by atoms with E-state index in [-0.39, 0.29) is 6.04 Å². The molecule has 0 fully saturated rings. The topological polar surface area (TPSA) is 41.8 Å². The summed E-state index contributed by atoms with van der Waals surface area (Å²) in [6.07, 6.45) is 0.852. The van der Waals surface area contributed by atoms with Gasteiger partial charge in [0.2, 0.25) is 0 Å². The lowest BCUT2D eigenvalue weighted by molar-refractivity contribution is 0.727. The maximum atomic E-state index is 6.06. The van der Waals surface area contributed by atoms with E-state index in [2.05, 4.69) is 11.1 Å². The first kappa shape index (κ1) is 9.56. The second kappa shape index (κ2) is 3.64. The molecule has 1 aromatic heterocycles. The number of rotatable bonds is 2. The Bertz CT molecular complexity index is 445. The third-order valence-corrected chi connectivity index (χ3v) is 2.54. The molecule has 0 bridgehead atoms. The minimum atomic E-state index is 0.168. The Morgan fingerprint density at radius 1 is 1.50 bits per heavy atom. The third kappa shape index (κ3) is 1.76. The van der Waals surface area contributed by atoms with Gasteiger partial charge in [0.25, 0.3) is 0 Å². The summed E-state index contributed by atoms with van der Waals surface area (Å²) < 4.78 is 0. The van der Waals surface area contributed by atoms with Crippen LogP contribution in [0.2, 0.25) is 5.02 Å². The number of aromatic nitrogens is 1. The SMILES string of the molecule is CC(N)Cc1cc2c(Cl)cccc2[nH]1. The minimum Gasteiger partial charge on any atom is -0.358 e. The summed E-state index contributed by atoms with van der Waals surface area (Å²) in [6.45, 7) is 1.99. The molecule has 14 heavy (non-hydrogen) atoms. The van der Waals surface area contributed by atoms with Crippen molar-refractivity contribution in [3.63, 3.8) is 0 Å². The quantitative estimate of drug-likeness (QED) is 0.783. The molecule has 2 rings (SSSR count). The molecule has 0 aliphatic rings. The zero-order valence-corrected chi connectivity index (χ0v) is 8.81. The Kier molecular flexibility index (Phi) is 2.48. The fraction of sp³-hybridized carbons (Fsp3) is 0.273. The van der Waals surface area contributed by atoms with Crippen LogP contribution in [0.5, 0.6) is 0 Å². The second-order valence-corrected chi connectivity index (χ2v) is 4.08. The second-order valence-electron chi connectivity index (χ2n) is 3.68. The number of fused-ring (bicyclic) bond motifs is 1. The summed E-state index contributed by atoms with van der Waals surface area (Å²) in [7, 11) is 0. The predicted molar refractivity (Wildman–Crippen MR) is 60.7 cm³/mol. The van der Waals surface area contributed by atoms with E-state index in [4.69, 9.17) is 17.3 Å². The van der Waals surface area contributed by atoms with Crippen molar-refractivity contribution in [2.45, 2.75) is 19.4 Å². The van der Waals surface area contributed by atoms with Gasteiger partial charge in [0.05, 0.1) is 0 Å². The normalized spacial score (nSPS) is 13.4. The van der Waals surface area contributed by atoms with Crippen LogP contribution < -0.4 is 5.73 Å². The lowest BCUT2D eigenvalue weighted by Gasteiger charge is -2.00. The van der Waals surface area contributed by atoms with Crippen molar-refractivity contribution < 1.29 is 0 Å². The molecule has 1 unspecified atom stereocenters. The molecule has 0 aliphatic heterocycles. The lowest BCUT2D eigenvalue weighted by atomic mass is 10.2. The fourth-order valence-electron chi connectivity index (χ4n) is 1.63. The summed E-state index contributed by atoms with van der Waals surface area (Å²) in [4.78, 5) is 3.30. The zero-order chi connectivity index (χ0) is 10.1. The van der Waals surface area contributed by atoms with Crippen LogP contribution in [0.15, 0.2) is 24.3 Å². The highest BCUT2D eigenvalue weighted by atomic mass is 35.5. The van der Waals surface area contributed by atoms with Crippen molar-refractivity contribution >= 4 is 22.5 Å². The predicted octanol–water partition coefficient (Wildman–Crippen LogP) is 2.71. The summed E-state index contributed by atoms with van der Waals surface area (Å²) >= 11 is 6.06. The van der Waals surface area contributed by atoms with Gasteiger partial charge in [-0.1, -0.05) is 17.7 Å². The average molecular weight is 209 g/mol. The van der Waals surface area contributed by atoms with E-state index in [1.165, 1.54) is 0 Å². The van der Waals surface area contributed by atoms with E-state index in [1.807, 2.05) is 25.1 Å². The molecule has 3 N–H and O–H groups in total. The van der Waals surface area contributed by atoms with Crippen LogP contribution in [-0.4, -0.2) is 11.0 Å². The van der Waals surface area contributed by atoms with Gasteiger partial charge >= 0.3 is 0 Å². The summed E-state index contributed by atoms with van der Waals surface area (Å²) in [5.41, 5.74) is 7.95. The number of aromatic amines is 1. The molecule has 1 atom stereocenters. The fourth-order valence-corrected chi connectivity index (χ4v) is 1.86. The van der Waals surface area contributed by atoms with Crippen LogP contribution in [0.1, 0.15) is 12.6 Å². The number of nitrogens with one attached hydrogen (secondary N) is 1. The highest BCUT2D eigenvalue weighted by Gasteiger charge is 2.04. The first-order chi connectivity index (χ1) is 6.66. The Morgan fingerprint density at radius 2 is 2.29 bits per heavy atom. The van der Waals surface area contributed by atoms with Gasteiger partial charge in [0, 0.05) is 34.1 Å². The van der Waals surface area contributed by atoms with Crippen LogP contribution in [0, 0.1) is 0 Å². The Balaban J connectivity index is 2.46. The van der Waals surface area contributed by atoms with E-state index in [1.54, 1.807) is 0 Å². The monoisotopic (exact) mass is 208 g/mol. The number of H-pyrrole nitrogens is 1. The Labute approximate surface area is 88.1 Å². The molecule has 74 valence electrons. The summed E-state index contributed by atoms with van der Waals surface area (Å²) in [6, 6.07) is 8.10. The molecular weight excluding hydrogens is 196 g/mol. The Morgan fingerprint density at radius 3 is 2.93 bits per heavy atom. The van der Waals surface area contributed by atoms with Crippen LogP contribution in [0.3, 0.4) is 0 Å². The van der Waals surface area contributed by atoms with E-state index in [9.17, 15) is 0 Å². The molecule has 3 heteroatoms. The maximum absolute atomic E-state index is 6.06. The van der Waals surface area contributed by atoms with Gasteiger partial charge < -0.3 is 10.7 Å². The van der Waals surface area contributed by atoms with Gasteiger partial charge in [-0.05, 0) is 25.1 Å². The first-order valence-corrected chi connectivity index (χ1v) is 5.06. The standard InChI is InChI=1S/C11H13ClN2/c1-7(13)5-8-6-9-10(12)3-2-4-11(9)14-8/h2-4,6-7,14H,5,13H2,1H3. The minimum absolute atomic E-state index is 0.168. The number of benzene rings is 1. The van der Waals surface area contributed by atoms with Crippen molar-refractivity contribution in [1.29, 1.82) is 0 Å². The molecule has 0 spiro atoms. The van der Waals surface area contributed by atoms with Crippen molar-refractivity contribution in [2.75, 3.05) is 0 Å². The number of hydrogen-bond donors (Lipinski definition) is 2. The first-order valence-electron chi connectivity index (χ1n) is 4.68. The smallest absolute Gasteiger partial charge is 0.0499 e. The molecule has 0 amide bonds. The molecule has 0 aliphatic carbocycles. The highest BCUT2D eigenvalue weighted by molar-refractivity contribution is 6.35. The molecule has 0 radical (unpaired) electrons. The summed E-state index contributed by atoms with van der Waals surface area (Å²) in [5.74, 6) is 0. The lowest BCUT2D eigenvalue weighted by Crippen LogP contribution is -2.17. The van der Waals surface area contributed by atoms with Crippen molar-refractivity contribution in [3.05, 3.63) is 35.0 Å². The molecule has 0 saturated heterocycles. The van der Waals surface area contributed by atoms with Gasteiger partial charge in [-0.2, -0.15) is 0 Å². The van der Waals surface area contributed by atoms with E-state index in [0.29, 0.717) is 0 Å². The van der Waals surface area contributed by atoms with Gasteiger partial charge in [0.15, 0.2) is 0 Å². The number of halogens is 1. The van der Waals surface area contributed by atoms with Gasteiger partial charge in [-0.25, -0.2) is 0 Å². The molecular formula is C11H13ClN2. The molecule has 1 aromatic carbocycles. The largest absolute Gasteiger partial charge is 0.358 e. The van der Waals surface area contributed by atoms with Gasteiger partial charge in [-0.15, -0.1) is 0 Å². The summed E-state index contributed by atoms with van der Waals surface area (Å²) in [5, 5.41) is 1.86. The van der Waals surface area contributed by atoms with Crippen molar-refractivity contribution in [1.82, 2.24) is 4.98 Å². The van der Waals surface area contributed by atoms with E-state index < -0.39 is 0 Å². The van der Waals surface area contributed by atoms with Gasteiger partial charge in [-0.3, -0.25) is 0 Å². The highest BCUT2D eigenvalue weighted by Crippen LogP contribution is 2.24. The van der Waals surface area contributed by atoms with Crippen molar-refractivity contribution in [2.24, 2.45) is 5.73 Å². The zero-order valence-electron chi connectivity index (χ0n) is 8.05.